The molecule has 0 aliphatic heterocycles. The fraction of sp³-hybridized carbons (Fsp3) is 0.250. The minimum absolute atomic E-state index is 0.0639. The van der Waals surface area contributed by atoms with Crippen LogP contribution in [-0.2, 0) is 6.54 Å². The molecule has 0 heterocycles. The molecule has 0 atom stereocenters. The first-order valence-corrected chi connectivity index (χ1v) is 4.37. The molecule has 0 aliphatic rings. The van der Waals surface area contributed by atoms with Crippen LogP contribution in [0.4, 0.5) is 4.39 Å². The number of rotatable bonds is 3. The van der Waals surface area contributed by atoms with E-state index in [-0.39, 0.29) is 11.0 Å². The predicted molar refractivity (Wildman–Crippen MR) is 49.3 cm³/mol. The molecule has 0 fully saturated rings. The van der Waals surface area contributed by atoms with Gasteiger partial charge in [0.05, 0.1) is 11.6 Å². The average molecular weight is 250 g/mol. The minimum atomic E-state index is -0.430. The van der Waals surface area contributed by atoms with Crippen molar-refractivity contribution < 1.29 is 14.3 Å². The van der Waals surface area contributed by atoms with E-state index in [0.29, 0.717) is 11.3 Å². The number of methoxy groups -OCH3 is 1. The van der Waals surface area contributed by atoms with Crippen LogP contribution in [0.3, 0.4) is 0 Å². The summed E-state index contributed by atoms with van der Waals surface area (Å²) in [5.41, 5.74) is 2.26. The normalized spacial score (nSPS) is 10.2. The van der Waals surface area contributed by atoms with Crippen LogP contribution in [0, 0.1) is 5.82 Å². The highest BCUT2D eigenvalue weighted by Crippen LogP contribution is 2.29. The third-order valence-electron chi connectivity index (χ3n) is 1.62. The van der Waals surface area contributed by atoms with Crippen LogP contribution in [0.15, 0.2) is 16.6 Å². The molecule has 1 aromatic carbocycles. The van der Waals surface area contributed by atoms with Gasteiger partial charge >= 0.3 is 0 Å². The van der Waals surface area contributed by atoms with E-state index in [4.69, 9.17) is 9.94 Å². The van der Waals surface area contributed by atoms with Crippen LogP contribution < -0.4 is 10.2 Å². The van der Waals surface area contributed by atoms with Gasteiger partial charge in [-0.15, -0.1) is 0 Å². The van der Waals surface area contributed by atoms with Gasteiger partial charge in [0.1, 0.15) is 11.6 Å². The van der Waals surface area contributed by atoms with Gasteiger partial charge in [-0.25, -0.2) is 9.87 Å². The maximum Gasteiger partial charge on any atom is 0.145 e. The Morgan fingerprint density at radius 1 is 1.62 bits per heavy atom. The lowest BCUT2D eigenvalue weighted by Gasteiger charge is -2.07. The van der Waals surface area contributed by atoms with Gasteiger partial charge in [0.2, 0.25) is 0 Å². The standard InChI is InChI=1S/C8H9BrFNO2/c1-13-6-3-2-5(4-11-12)8(10)7(6)9/h2-3,11-12H,4H2,1H3. The number of benzene rings is 1. The Bertz CT molecular complexity index is 306. The SMILES string of the molecule is COc1ccc(CNO)c(F)c1Br. The number of halogens is 2. The summed E-state index contributed by atoms with van der Waals surface area (Å²) in [5, 5.41) is 8.40. The van der Waals surface area contributed by atoms with Crippen molar-refractivity contribution in [1.82, 2.24) is 5.48 Å². The van der Waals surface area contributed by atoms with Crippen LogP contribution in [0.5, 0.6) is 5.75 Å². The van der Waals surface area contributed by atoms with Crippen molar-refractivity contribution in [2.75, 3.05) is 7.11 Å². The van der Waals surface area contributed by atoms with Gasteiger partial charge in [-0.2, -0.15) is 0 Å². The third-order valence-corrected chi connectivity index (χ3v) is 2.36. The van der Waals surface area contributed by atoms with E-state index >= 15 is 0 Å². The number of ether oxygens (including phenoxy) is 1. The summed E-state index contributed by atoms with van der Waals surface area (Å²) in [6.45, 7) is 0.0639. The number of nitrogens with one attached hydrogen (secondary N) is 1. The van der Waals surface area contributed by atoms with E-state index in [2.05, 4.69) is 15.9 Å². The van der Waals surface area contributed by atoms with Gasteiger partial charge in [-0.1, -0.05) is 6.07 Å². The smallest absolute Gasteiger partial charge is 0.145 e. The summed E-state index contributed by atoms with van der Waals surface area (Å²) in [7, 11) is 1.46. The maximum absolute atomic E-state index is 13.4. The van der Waals surface area contributed by atoms with E-state index in [9.17, 15) is 4.39 Å². The predicted octanol–water partition coefficient (Wildman–Crippen LogP) is 2.08. The van der Waals surface area contributed by atoms with Crippen molar-refractivity contribution in [3.05, 3.63) is 28.0 Å². The lowest BCUT2D eigenvalue weighted by molar-refractivity contribution is 0.160. The van der Waals surface area contributed by atoms with Crippen LogP contribution in [-0.4, -0.2) is 12.3 Å². The maximum atomic E-state index is 13.4. The van der Waals surface area contributed by atoms with Crippen molar-refractivity contribution in [1.29, 1.82) is 0 Å². The molecule has 0 radical (unpaired) electrons. The monoisotopic (exact) mass is 249 g/mol. The number of hydrogen-bond acceptors (Lipinski definition) is 3. The van der Waals surface area contributed by atoms with Crippen molar-refractivity contribution in [3.8, 4) is 5.75 Å². The average Bonchev–Trinajstić information content (AvgIpc) is 2.14. The fourth-order valence-corrected chi connectivity index (χ4v) is 1.50. The molecule has 13 heavy (non-hydrogen) atoms. The molecule has 0 saturated carbocycles. The van der Waals surface area contributed by atoms with Crippen molar-refractivity contribution in [2.24, 2.45) is 0 Å². The molecule has 0 saturated heterocycles. The van der Waals surface area contributed by atoms with Crippen LogP contribution in [0.1, 0.15) is 5.56 Å². The highest BCUT2D eigenvalue weighted by molar-refractivity contribution is 9.10. The van der Waals surface area contributed by atoms with E-state index in [0.717, 1.165) is 0 Å². The molecule has 0 bridgehead atoms. The summed E-state index contributed by atoms with van der Waals surface area (Å²) in [5.74, 6) is 0.0000831. The summed E-state index contributed by atoms with van der Waals surface area (Å²) >= 11 is 3.05. The summed E-state index contributed by atoms with van der Waals surface area (Å²) < 4.78 is 18.5. The second-order valence-corrected chi connectivity index (χ2v) is 3.18. The quantitative estimate of drug-likeness (QED) is 0.807. The first-order valence-electron chi connectivity index (χ1n) is 3.58. The summed E-state index contributed by atoms with van der Waals surface area (Å²) in [6, 6.07) is 3.17. The Kier molecular flexibility index (Phi) is 3.65. The molecule has 1 aromatic rings. The minimum Gasteiger partial charge on any atom is -0.495 e. The molecule has 5 heteroatoms. The first kappa shape index (κ1) is 10.4. The van der Waals surface area contributed by atoms with Gasteiger partial charge in [0, 0.05) is 12.1 Å². The second kappa shape index (κ2) is 4.55. The lowest BCUT2D eigenvalue weighted by atomic mass is 10.2. The largest absolute Gasteiger partial charge is 0.495 e. The zero-order chi connectivity index (χ0) is 9.84. The Balaban J connectivity index is 3.07. The molecular weight excluding hydrogens is 241 g/mol. The highest BCUT2D eigenvalue weighted by atomic mass is 79.9. The Hall–Kier alpha value is -0.650. The summed E-state index contributed by atoms with van der Waals surface area (Å²) in [6.07, 6.45) is 0. The number of hydrogen-bond donors (Lipinski definition) is 2. The Morgan fingerprint density at radius 2 is 2.31 bits per heavy atom. The van der Waals surface area contributed by atoms with Crippen molar-refractivity contribution in [3.63, 3.8) is 0 Å². The van der Waals surface area contributed by atoms with Gasteiger partial charge in [-0.3, -0.25) is 0 Å². The second-order valence-electron chi connectivity index (χ2n) is 2.39. The molecule has 1 rings (SSSR count). The Labute approximate surface area is 83.6 Å². The van der Waals surface area contributed by atoms with E-state index in [1.807, 2.05) is 5.48 Å². The highest BCUT2D eigenvalue weighted by Gasteiger charge is 2.10. The van der Waals surface area contributed by atoms with Crippen LogP contribution in [0.25, 0.3) is 0 Å². The molecule has 72 valence electrons. The van der Waals surface area contributed by atoms with Gasteiger partial charge in [0.15, 0.2) is 0 Å². The first-order chi connectivity index (χ1) is 6.20. The molecule has 3 nitrogen and oxygen atoms in total. The topological polar surface area (TPSA) is 41.5 Å². The van der Waals surface area contributed by atoms with Crippen LogP contribution in [0.2, 0.25) is 0 Å². The zero-order valence-corrected chi connectivity index (χ0v) is 8.56. The van der Waals surface area contributed by atoms with Gasteiger partial charge < -0.3 is 9.94 Å². The molecule has 2 N–H and O–H groups in total. The van der Waals surface area contributed by atoms with Gasteiger partial charge in [-0.05, 0) is 22.0 Å². The molecule has 0 amide bonds. The molecule has 0 unspecified atom stereocenters. The van der Waals surface area contributed by atoms with E-state index in [1.165, 1.54) is 7.11 Å². The van der Waals surface area contributed by atoms with Crippen molar-refractivity contribution >= 4 is 15.9 Å². The van der Waals surface area contributed by atoms with E-state index in [1.54, 1.807) is 12.1 Å². The van der Waals surface area contributed by atoms with E-state index < -0.39 is 5.82 Å². The molecule has 0 spiro atoms. The zero-order valence-electron chi connectivity index (χ0n) is 6.97. The number of hydroxylamine groups is 1. The molecule has 0 aliphatic carbocycles. The molecular formula is C8H9BrFNO2. The van der Waals surface area contributed by atoms with Crippen molar-refractivity contribution in [2.45, 2.75) is 6.54 Å². The van der Waals surface area contributed by atoms with Gasteiger partial charge in [0.25, 0.3) is 0 Å². The van der Waals surface area contributed by atoms with Crippen LogP contribution >= 0.6 is 15.9 Å². The lowest BCUT2D eigenvalue weighted by Crippen LogP contribution is -2.08. The third kappa shape index (κ3) is 2.18. The molecule has 0 aromatic heterocycles. The Morgan fingerprint density at radius 3 is 2.85 bits per heavy atom. The fourth-order valence-electron chi connectivity index (χ4n) is 0.951. The summed E-state index contributed by atoms with van der Waals surface area (Å²) in [4.78, 5) is 0.